The molecule has 10 heteroatoms. The fourth-order valence-corrected chi connectivity index (χ4v) is 4.32. The lowest BCUT2D eigenvalue weighted by molar-refractivity contribution is 0.0988. The fourth-order valence-electron chi connectivity index (χ4n) is 4.32. The summed E-state index contributed by atoms with van der Waals surface area (Å²) in [5.41, 5.74) is 2.07. The van der Waals surface area contributed by atoms with Crippen molar-refractivity contribution in [3.8, 4) is 11.5 Å². The van der Waals surface area contributed by atoms with Crippen molar-refractivity contribution in [1.82, 2.24) is 20.2 Å². The molecular formula is C22H26N8O2. The van der Waals surface area contributed by atoms with Gasteiger partial charge in [-0.15, -0.1) is 5.10 Å². The van der Waals surface area contributed by atoms with Crippen LogP contribution in [0.5, 0.6) is 0 Å². The maximum absolute atomic E-state index is 13.6. The van der Waals surface area contributed by atoms with Crippen LogP contribution in [0.3, 0.4) is 0 Å². The van der Waals surface area contributed by atoms with E-state index in [-0.39, 0.29) is 11.9 Å². The molecule has 0 aliphatic carbocycles. The topological polar surface area (TPSA) is 112 Å². The summed E-state index contributed by atoms with van der Waals surface area (Å²) in [6.45, 7) is 6.85. The van der Waals surface area contributed by atoms with Gasteiger partial charge in [0.05, 0.1) is 0 Å². The number of fused-ring (bicyclic) bond motifs is 3. The summed E-state index contributed by atoms with van der Waals surface area (Å²) in [4.78, 5) is 26.7. The van der Waals surface area contributed by atoms with Gasteiger partial charge in [-0.3, -0.25) is 4.79 Å². The lowest BCUT2D eigenvalue weighted by Crippen LogP contribution is -2.39. The zero-order chi connectivity index (χ0) is 22.1. The highest BCUT2D eigenvalue weighted by molar-refractivity contribution is 6.10. The highest BCUT2D eigenvalue weighted by atomic mass is 16.4. The number of rotatable bonds is 6. The smallest absolute Gasteiger partial charge is 0.315 e. The van der Waals surface area contributed by atoms with Gasteiger partial charge in [0.25, 0.3) is 5.91 Å². The lowest BCUT2D eigenvalue weighted by Gasteiger charge is -2.27. The van der Waals surface area contributed by atoms with Crippen molar-refractivity contribution in [2.24, 2.45) is 0 Å². The van der Waals surface area contributed by atoms with Crippen molar-refractivity contribution in [3.05, 3.63) is 36.0 Å². The Labute approximate surface area is 186 Å². The monoisotopic (exact) mass is 434 g/mol. The first kappa shape index (κ1) is 20.2. The predicted molar refractivity (Wildman–Crippen MR) is 122 cm³/mol. The average molecular weight is 435 g/mol. The summed E-state index contributed by atoms with van der Waals surface area (Å²) in [6, 6.07) is 8.23. The molecule has 1 atom stereocenters. The molecular weight excluding hydrogens is 408 g/mol. The Hall–Kier alpha value is -3.69. The molecule has 32 heavy (non-hydrogen) atoms. The molecule has 0 spiro atoms. The van der Waals surface area contributed by atoms with Crippen molar-refractivity contribution in [2.45, 2.75) is 32.7 Å². The third kappa shape index (κ3) is 3.61. The molecule has 3 aromatic rings. The number of hydrogen-bond donors (Lipinski definition) is 2. The number of amides is 1. The molecule has 0 bridgehead atoms. The molecule has 4 heterocycles. The summed E-state index contributed by atoms with van der Waals surface area (Å²) < 4.78 is 5.69. The van der Waals surface area contributed by atoms with E-state index in [1.54, 1.807) is 6.20 Å². The number of anilines is 4. The molecule has 5 rings (SSSR count). The number of hydrogen-bond acceptors (Lipinski definition) is 9. The first-order chi connectivity index (χ1) is 15.7. The Morgan fingerprint density at radius 1 is 1.19 bits per heavy atom. The van der Waals surface area contributed by atoms with Crippen LogP contribution in [0, 0.1) is 0 Å². The minimum absolute atomic E-state index is 0.103. The summed E-state index contributed by atoms with van der Waals surface area (Å²) in [6.07, 6.45) is 3.72. The van der Waals surface area contributed by atoms with Crippen LogP contribution in [0.1, 0.15) is 37.0 Å². The fraction of sp³-hybridized carbons (Fsp3) is 0.409. The number of benzene rings is 1. The van der Waals surface area contributed by atoms with Gasteiger partial charge in [0.15, 0.2) is 0 Å². The second kappa shape index (κ2) is 8.45. The molecule has 2 N–H and O–H groups in total. The summed E-state index contributed by atoms with van der Waals surface area (Å²) >= 11 is 0. The van der Waals surface area contributed by atoms with E-state index in [0.717, 1.165) is 37.2 Å². The van der Waals surface area contributed by atoms with E-state index in [1.165, 1.54) is 0 Å². The quantitative estimate of drug-likeness (QED) is 0.604. The molecule has 2 aliphatic heterocycles. The van der Waals surface area contributed by atoms with Gasteiger partial charge in [-0.05, 0) is 44.9 Å². The van der Waals surface area contributed by atoms with E-state index >= 15 is 0 Å². The molecule has 166 valence electrons. The maximum Gasteiger partial charge on any atom is 0.315 e. The first-order valence-electron chi connectivity index (χ1n) is 11.0. The summed E-state index contributed by atoms with van der Waals surface area (Å²) in [5, 5.41) is 14.3. The highest BCUT2D eigenvalue weighted by Crippen LogP contribution is 2.35. The Bertz CT molecular complexity index is 1130. The third-order valence-electron chi connectivity index (χ3n) is 5.78. The van der Waals surface area contributed by atoms with E-state index in [1.807, 2.05) is 43.0 Å². The van der Waals surface area contributed by atoms with Crippen molar-refractivity contribution >= 4 is 29.4 Å². The van der Waals surface area contributed by atoms with Gasteiger partial charge in [-0.1, -0.05) is 11.2 Å². The van der Waals surface area contributed by atoms with E-state index in [0.29, 0.717) is 42.3 Å². The second-order valence-corrected chi connectivity index (χ2v) is 7.86. The number of aromatic nitrogens is 4. The van der Waals surface area contributed by atoms with Gasteiger partial charge in [0.1, 0.15) is 11.4 Å². The zero-order valence-corrected chi connectivity index (χ0v) is 18.2. The van der Waals surface area contributed by atoms with Crippen LogP contribution in [0.2, 0.25) is 0 Å². The van der Waals surface area contributed by atoms with Gasteiger partial charge < -0.3 is 24.9 Å². The maximum atomic E-state index is 13.6. The van der Waals surface area contributed by atoms with E-state index < -0.39 is 0 Å². The minimum Gasteiger partial charge on any atom is -0.403 e. The van der Waals surface area contributed by atoms with E-state index in [2.05, 4.69) is 35.7 Å². The van der Waals surface area contributed by atoms with Crippen molar-refractivity contribution in [2.75, 3.05) is 46.6 Å². The van der Waals surface area contributed by atoms with Gasteiger partial charge in [0, 0.05) is 49.7 Å². The molecule has 0 saturated carbocycles. The Morgan fingerprint density at radius 2 is 2.06 bits per heavy atom. The van der Waals surface area contributed by atoms with E-state index in [4.69, 9.17) is 4.42 Å². The molecule has 2 aliphatic rings. The van der Waals surface area contributed by atoms with Crippen LogP contribution < -0.4 is 20.4 Å². The van der Waals surface area contributed by atoms with Crippen LogP contribution >= 0.6 is 0 Å². The van der Waals surface area contributed by atoms with Gasteiger partial charge in [0.2, 0.25) is 11.8 Å². The molecule has 1 fully saturated rings. The first-order valence-corrected chi connectivity index (χ1v) is 11.0. The van der Waals surface area contributed by atoms with E-state index in [9.17, 15) is 4.79 Å². The van der Waals surface area contributed by atoms with Crippen LogP contribution in [0.15, 0.2) is 34.9 Å². The number of carbonyl (C=O) groups excluding carboxylic acids is 1. The Morgan fingerprint density at radius 3 is 2.91 bits per heavy atom. The normalized spacial score (nSPS) is 17.7. The van der Waals surface area contributed by atoms with Crippen LogP contribution in [-0.2, 0) is 0 Å². The van der Waals surface area contributed by atoms with Gasteiger partial charge in [-0.25, -0.2) is 4.98 Å². The zero-order valence-electron chi connectivity index (χ0n) is 18.2. The molecule has 2 aromatic heterocycles. The largest absolute Gasteiger partial charge is 0.403 e. The van der Waals surface area contributed by atoms with Crippen molar-refractivity contribution in [3.63, 3.8) is 0 Å². The molecule has 1 amide bonds. The average Bonchev–Trinajstić information content (AvgIpc) is 3.45. The number of carbonyl (C=O) groups is 1. The number of nitrogens with one attached hydrogen (secondary N) is 2. The highest BCUT2D eigenvalue weighted by Gasteiger charge is 2.37. The Kier molecular flexibility index (Phi) is 5.34. The molecule has 0 radical (unpaired) electrons. The second-order valence-electron chi connectivity index (χ2n) is 7.86. The number of nitrogens with zero attached hydrogens (tertiary/aromatic N) is 6. The third-order valence-corrected chi connectivity index (χ3v) is 5.78. The molecule has 0 unspecified atom stereocenters. The Balaban J connectivity index is 1.52. The summed E-state index contributed by atoms with van der Waals surface area (Å²) in [5.74, 6) is 1.57. The molecule has 10 nitrogen and oxygen atoms in total. The predicted octanol–water partition coefficient (Wildman–Crippen LogP) is 3.02. The molecule has 1 saturated heterocycles. The van der Waals surface area contributed by atoms with Gasteiger partial charge in [-0.2, -0.15) is 4.98 Å². The van der Waals surface area contributed by atoms with Crippen molar-refractivity contribution < 1.29 is 9.21 Å². The SMILES string of the molecule is CCNc1ncc2c(n1)N1CCC[C@H]1CN(c1cccc(-c3nnc(NCC)o3)c1)C2=O. The van der Waals surface area contributed by atoms with Crippen molar-refractivity contribution in [1.29, 1.82) is 0 Å². The minimum atomic E-state index is -0.103. The van der Waals surface area contributed by atoms with Crippen LogP contribution in [0.25, 0.3) is 11.5 Å². The van der Waals surface area contributed by atoms with Crippen LogP contribution in [-0.4, -0.2) is 58.3 Å². The standard InChI is InChI=1S/C22H26N8O2/c1-3-23-21-25-12-17-18(26-21)29-10-6-9-16(29)13-30(20(17)31)15-8-5-7-14(11-15)19-27-28-22(32-19)24-4-2/h5,7-8,11-12,16H,3-4,6,9-10,13H2,1-2H3,(H,24,28)(H,23,25,26)/t16-/m0/s1. The summed E-state index contributed by atoms with van der Waals surface area (Å²) in [7, 11) is 0. The lowest BCUT2D eigenvalue weighted by atomic mass is 10.1. The van der Waals surface area contributed by atoms with Gasteiger partial charge >= 0.3 is 6.01 Å². The molecule has 1 aromatic carbocycles. The van der Waals surface area contributed by atoms with Crippen LogP contribution in [0.4, 0.5) is 23.5 Å².